The number of hydrogen-bond donors (Lipinski definition) is 1. The van der Waals surface area contributed by atoms with Gasteiger partial charge in [0.15, 0.2) is 0 Å². The number of nitrogens with one attached hydrogen (secondary N) is 1. The van der Waals surface area contributed by atoms with Crippen LogP contribution in [0.1, 0.15) is 35.6 Å². The van der Waals surface area contributed by atoms with Crippen LogP contribution in [0.4, 0.5) is 5.69 Å². The molecule has 1 amide bonds. The Balaban J connectivity index is 1.68. The third-order valence-electron chi connectivity index (χ3n) is 7.03. The fraction of sp³-hybridized carbons (Fsp3) is 0.333. The first-order valence-corrected chi connectivity index (χ1v) is 13.2. The normalized spacial score (nSPS) is 17.1. The molecule has 9 heteroatoms. The smallest absolute Gasteiger partial charge is 0.315 e. The van der Waals surface area contributed by atoms with Crippen LogP contribution in [0.5, 0.6) is 0 Å². The Bertz CT molecular complexity index is 1430. The van der Waals surface area contributed by atoms with Gasteiger partial charge in [-0.2, -0.15) is 0 Å². The van der Waals surface area contributed by atoms with Crippen LogP contribution in [0.3, 0.4) is 0 Å². The molecule has 8 nitrogen and oxygen atoms in total. The first-order chi connectivity index (χ1) is 18.7. The van der Waals surface area contributed by atoms with Gasteiger partial charge in [0.25, 0.3) is 5.91 Å². The zero-order valence-electron chi connectivity index (χ0n) is 22.8. The summed E-state index contributed by atoms with van der Waals surface area (Å²) in [7, 11) is 1.33. The van der Waals surface area contributed by atoms with Crippen molar-refractivity contribution < 1.29 is 19.1 Å². The Morgan fingerprint density at radius 3 is 2.36 bits per heavy atom. The topological polar surface area (TPSA) is 94.8 Å². The summed E-state index contributed by atoms with van der Waals surface area (Å²) in [6, 6.07) is 16.3. The van der Waals surface area contributed by atoms with Gasteiger partial charge >= 0.3 is 5.97 Å². The molecule has 0 spiro atoms. The third kappa shape index (κ3) is 6.13. The number of hydrogen-bond acceptors (Lipinski definition) is 6. The van der Waals surface area contributed by atoms with E-state index >= 15 is 0 Å². The largest absolute Gasteiger partial charge is 0.468 e. The lowest BCUT2D eigenvalue weighted by molar-refractivity contribution is -0.143. The summed E-state index contributed by atoms with van der Waals surface area (Å²) in [5.41, 5.74) is 4.67. The predicted molar refractivity (Wildman–Crippen MR) is 152 cm³/mol. The number of aliphatic imine (C=N–C) groups is 1. The summed E-state index contributed by atoms with van der Waals surface area (Å²) in [4.78, 5) is 36.2. The van der Waals surface area contributed by atoms with Crippen molar-refractivity contribution in [3.05, 3.63) is 93.7 Å². The second-order valence-electron chi connectivity index (χ2n) is 9.46. The first kappa shape index (κ1) is 28.3. The highest BCUT2D eigenvalue weighted by Gasteiger charge is 2.43. The number of esters is 1. The maximum Gasteiger partial charge on any atom is 0.315 e. The number of para-hydroxylation sites is 1. The Labute approximate surface area is 233 Å². The molecule has 4 rings (SSSR count). The van der Waals surface area contributed by atoms with Crippen molar-refractivity contribution in [3.8, 4) is 0 Å². The van der Waals surface area contributed by atoms with Gasteiger partial charge in [0.2, 0.25) is 0 Å². The maximum atomic E-state index is 13.6. The molecular weight excluding hydrogens is 516 g/mol. The van der Waals surface area contributed by atoms with Gasteiger partial charge in [0.05, 0.1) is 31.7 Å². The van der Waals surface area contributed by atoms with Gasteiger partial charge in [0.1, 0.15) is 11.7 Å². The van der Waals surface area contributed by atoms with Gasteiger partial charge in [-0.25, -0.2) is 4.98 Å². The van der Waals surface area contributed by atoms with Gasteiger partial charge in [-0.05, 0) is 51.5 Å². The molecule has 2 unspecified atom stereocenters. The fourth-order valence-corrected chi connectivity index (χ4v) is 5.28. The molecule has 1 aromatic heterocycles. The molecular formula is C30H33ClN4O4. The van der Waals surface area contributed by atoms with Gasteiger partial charge in [-0.3, -0.25) is 14.6 Å². The van der Waals surface area contributed by atoms with Crippen LogP contribution in [-0.4, -0.2) is 47.5 Å². The van der Waals surface area contributed by atoms with Crippen molar-refractivity contribution in [1.29, 1.82) is 0 Å². The van der Waals surface area contributed by atoms with E-state index in [-0.39, 0.29) is 12.5 Å². The summed E-state index contributed by atoms with van der Waals surface area (Å²) in [6.45, 7) is 8.83. The summed E-state index contributed by atoms with van der Waals surface area (Å²) in [5, 5.41) is 3.38. The number of benzene rings is 2. The van der Waals surface area contributed by atoms with Crippen molar-refractivity contribution in [2.75, 3.05) is 25.6 Å². The summed E-state index contributed by atoms with van der Waals surface area (Å²) >= 11 is 6.64. The number of ether oxygens (including phenoxy) is 2. The number of halogens is 1. The highest BCUT2D eigenvalue weighted by atomic mass is 35.5. The molecule has 1 aliphatic heterocycles. The van der Waals surface area contributed by atoms with Crippen LogP contribution in [0.15, 0.2) is 70.9 Å². The van der Waals surface area contributed by atoms with Gasteiger partial charge in [0, 0.05) is 40.1 Å². The Hall–Kier alpha value is -3.75. The second-order valence-corrected chi connectivity index (χ2v) is 9.86. The van der Waals surface area contributed by atoms with Crippen LogP contribution >= 0.6 is 11.6 Å². The Kier molecular flexibility index (Phi) is 8.99. The van der Waals surface area contributed by atoms with Gasteiger partial charge in [-0.15, -0.1) is 0 Å². The summed E-state index contributed by atoms with van der Waals surface area (Å²) in [6.07, 6.45) is 0. The standard InChI is InChI=1S/C30H33ClN4O4/c1-18-20(3)35(21(4)32-18)15-16-39-17-25-28(30(37)38-5)27(23-13-9-10-14-24(23)31)26(19(2)33-25)29(36)34-22-11-7-6-8-12-22/h6-14,27-28H,15-17H2,1-5H3,(H,34,36). The second kappa shape index (κ2) is 12.4. The minimum atomic E-state index is -0.894. The number of methoxy groups -OCH3 is 1. The Morgan fingerprint density at radius 2 is 1.72 bits per heavy atom. The quantitative estimate of drug-likeness (QED) is 0.285. The van der Waals surface area contributed by atoms with E-state index in [1.165, 1.54) is 7.11 Å². The molecule has 0 bridgehead atoms. The van der Waals surface area contributed by atoms with Crippen LogP contribution < -0.4 is 5.32 Å². The predicted octanol–water partition coefficient (Wildman–Crippen LogP) is 5.42. The molecule has 0 radical (unpaired) electrons. The number of carbonyl (C=O) groups is 2. The minimum absolute atomic E-state index is 0.0947. The molecule has 0 saturated carbocycles. The number of rotatable bonds is 9. The number of aromatic nitrogens is 2. The van der Waals surface area contributed by atoms with Crippen molar-refractivity contribution in [2.45, 2.75) is 40.2 Å². The fourth-order valence-electron chi connectivity index (χ4n) is 5.02. The maximum absolute atomic E-state index is 13.6. The van der Waals surface area contributed by atoms with Crippen molar-refractivity contribution in [2.24, 2.45) is 10.9 Å². The van der Waals surface area contributed by atoms with Crippen molar-refractivity contribution >= 4 is 34.9 Å². The SMILES string of the molecule is COC(=O)C1C(COCCn2c(C)nc(C)c2C)=NC(C)=C(C(=O)Nc2ccccc2)C1c1ccccc1Cl. The molecule has 1 aliphatic rings. The van der Waals surface area contributed by atoms with E-state index in [0.29, 0.717) is 46.4 Å². The van der Waals surface area contributed by atoms with E-state index in [2.05, 4.69) is 14.9 Å². The molecule has 2 aromatic carbocycles. The van der Waals surface area contributed by atoms with Crippen LogP contribution in [0.2, 0.25) is 5.02 Å². The summed E-state index contributed by atoms with van der Waals surface area (Å²) in [5.74, 6) is -1.57. The molecule has 2 atom stereocenters. The van der Waals surface area contributed by atoms with Crippen LogP contribution in [0, 0.1) is 26.7 Å². The molecule has 39 heavy (non-hydrogen) atoms. The number of allylic oxidation sites excluding steroid dienone is 1. The number of imidazole rings is 1. The van der Waals surface area contributed by atoms with Gasteiger partial charge < -0.3 is 19.4 Å². The summed E-state index contributed by atoms with van der Waals surface area (Å²) < 4.78 is 13.3. The van der Waals surface area contributed by atoms with E-state index in [4.69, 9.17) is 26.1 Å². The van der Waals surface area contributed by atoms with E-state index in [9.17, 15) is 9.59 Å². The van der Waals surface area contributed by atoms with Crippen LogP contribution in [-0.2, 0) is 25.6 Å². The van der Waals surface area contributed by atoms with Crippen molar-refractivity contribution in [1.82, 2.24) is 9.55 Å². The average molecular weight is 549 g/mol. The van der Waals surface area contributed by atoms with E-state index in [1.807, 2.05) is 57.2 Å². The van der Waals surface area contributed by atoms with E-state index in [0.717, 1.165) is 17.2 Å². The monoisotopic (exact) mass is 548 g/mol. The minimum Gasteiger partial charge on any atom is -0.468 e. The molecule has 1 N–H and O–H groups in total. The van der Waals surface area contributed by atoms with Gasteiger partial charge in [-0.1, -0.05) is 48.0 Å². The highest BCUT2D eigenvalue weighted by Crippen LogP contribution is 2.42. The molecule has 204 valence electrons. The Morgan fingerprint density at radius 1 is 1.03 bits per heavy atom. The number of nitrogens with zero attached hydrogens (tertiary/aromatic N) is 3. The number of amides is 1. The first-order valence-electron chi connectivity index (χ1n) is 12.8. The number of anilines is 1. The number of carbonyl (C=O) groups excluding carboxylic acids is 2. The average Bonchev–Trinajstić information content (AvgIpc) is 3.16. The lowest BCUT2D eigenvalue weighted by Gasteiger charge is -2.33. The molecule has 2 heterocycles. The molecule has 0 saturated heterocycles. The lowest BCUT2D eigenvalue weighted by Crippen LogP contribution is -2.40. The zero-order valence-corrected chi connectivity index (χ0v) is 23.6. The third-order valence-corrected chi connectivity index (χ3v) is 7.38. The van der Waals surface area contributed by atoms with E-state index < -0.39 is 17.8 Å². The molecule has 0 fully saturated rings. The van der Waals surface area contributed by atoms with Crippen LogP contribution in [0.25, 0.3) is 0 Å². The zero-order chi connectivity index (χ0) is 28.1. The van der Waals surface area contributed by atoms with Crippen molar-refractivity contribution in [3.63, 3.8) is 0 Å². The lowest BCUT2D eigenvalue weighted by atomic mass is 9.75. The van der Waals surface area contributed by atoms with E-state index in [1.54, 1.807) is 25.1 Å². The highest BCUT2D eigenvalue weighted by molar-refractivity contribution is 6.31. The molecule has 0 aliphatic carbocycles. The molecule has 3 aromatic rings. The number of aryl methyl sites for hydroxylation is 2.